The number of piperidine rings is 1. The summed E-state index contributed by atoms with van der Waals surface area (Å²) >= 11 is 0. The van der Waals surface area contributed by atoms with Crippen molar-refractivity contribution < 1.29 is 4.79 Å². The summed E-state index contributed by atoms with van der Waals surface area (Å²) in [6, 6.07) is 34.5. The molecule has 3 aromatic carbocycles. The van der Waals surface area contributed by atoms with E-state index in [4.69, 9.17) is 9.97 Å². The van der Waals surface area contributed by atoms with Gasteiger partial charge in [-0.3, -0.25) is 9.20 Å². The lowest BCUT2D eigenvalue weighted by Gasteiger charge is -2.36. The number of pyridine rings is 1. The molecule has 1 aliphatic rings. The van der Waals surface area contributed by atoms with Crippen LogP contribution in [0.5, 0.6) is 0 Å². The molecule has 1 aliphatic heterocycles. The molecule has 236 valence electrons. The molecule has 47 heavy (non-hydrogen) atoms. The summed E-state index contributed by atoms with van der Waals surface area (Å²) < 4.78 is 2.04. The molecule has 2 N–H and O–H groups in total. The third kappa shape index (κ3) is 6.85. The minimum Gasteiger partial charge on any atom is -0.371 e. The van der Waals surface area contributed by atoms with Crippen LogP contribution in [0, 0.1) is 0 Å². The highest BCUT2D eigenvalue weighted by Crippen LogP contribution is 2.34. The Hall–Kier alpha value is -5.54. The van der Waals surface area contributed by atoms with Gasteiger partial charge in [-0.2, -0.15) is 0 Å². The summed E-state index contributed by atoms with van der Waals surface area (Å²) in [6.45, 7) is 2.12. The Morgan fingerprint density at radius 2 is 1.64 bits per heavy atom. The van der Waals surface area contributed by atoms with Gasteiger partial charge in [0.15, 0.2) is 0 Å². The number of amides is 1. The van der Waals surface area contributed by atoms with Crippen LogP contribution in [0.15, 0.2) is 116 Å². The van der Waals surface area contributed by atoms with Crippen molar-refractivity contribution in [2.45, 2.75) is 25.3 Å². The molecule has 0 atom stereocenters. The molecule has 0 unspecified atom stereocenters. The monoisotopic (exact) mass is 622 g/mol. The molecule has 7 rings (SSSR count). The number of benzene rings is 3. The molecule has 6 aromatic rings. The number of carbonyl (C=O) groups excluding carboxylic acids is 1. The number of carbonyl (C=O) groups is 1. The predicted molar refractivity (Wildman–Crippen MR) is 189 cm³/mol. The molecule has 9 heteroatoms. The summed E-state index contributed by atoms with van der Waals surface area (Å²) in [5.41, 5.74) is 7.85. The van der Waals surface area contributed by atoms with E-state index in [1.165, 1.54) is 18.5 Å². The van der Waals surface area contributed by atoms with E-state index >= 15 is 0 Å². The van der Waals surface area contributed by atoms with Crippen molar-refractivity contribution in [3.8, 4) is 22.6 Å². The van der Waals surface area contributed by atoms with Gasteiger partial charge in [-0.1, -0.05) is 48.5 Å². The minimum absolute atomic E-state index is 0.0722. The van der Waals surface area contributed by atoms with Gasteiger partial charge in [-0.05, 0) is 87.1 Å². The Bertz CT molecular complexity index is 1980. The first-order valence-electron chi connectivity index (χ1n) is 16.0. The number of rotatable bonds is 9. The molecule has 0 saturated carbocycles. The molecule has 0 spiro atoms. The fraction of sp³-hybridized carbons (Fsp3) is 0.211. The first kappa shape index (κ1) is 30.1. The van der Waals surface area contributed by atoms with Gasteiger partial charge in [0.05, 0.1) is 23.5 Å². The van der Waals surface area contributed by atoms with Crippen LogP contribution in [0.1, 0.15) is 18.4 Å². The molecular weight excluding hydrogens is 584 g/mol. The van der Waals surface area contributed by atoms with E-state index in [1.54, 1.807) is 6.20 Å². The number of hydrogen-bond donors (Lipinski definition) is 2. The number of imidazole rings is 1. The average molecular weight is 623 g/mol. The summed E-state index contributed by atoms with van der Waals surface area (Å²) in [7, 11) is 4.34. The number of nitrogens with zero attached hydrogens (tertiary/aromatic N) is 6. The molecule has 4 heterocycles. The van der Waals surface area contributed by atoms with Gasteiger partial charge in [0.25, 0.3) is 0 Å². The molecule has 0 aliphatic carbocycles. The maximum atomic E-state index is 12.8. The lowest BCUT2D eigenvalue weighted by atomic mass is 10.0. The zero-order chi connectivity index (χ0) is 32.2. The normalized spacial score (nSPS) is 13.6. The van der Waals surface area contributed by atoms with Crippen molar-refractivity contribution >= 4 is 34.6 Å². The number of aromatic nitrogens is 4. The number of anilines is 4. The molecule has 0 radical (unpaired) electrons. The summed E-state index contributed by atoms with van der Waals surface area (Å²) in [6.07, 6.45) is 6.40. The second-order valence-electron chi connectivity index (χ2n) is 12.1. The Morgan fingerprint density at radius 3 is 2.43 bits per heavy atom. The Labute approximate surface area is 274 Å². The van der Waals surface area contributed by atoms with Gasteiger partial charge in [-0.15, -0.1) is 0 Å². The number of fused-ring (bicyclic) bond motifs is 1. The van der Waals surface area contributed by atoms with E-state index in [9.17, 15) is 4.79 Å². The zero-order valence-electron chi connectivity index (χ0n) is 26.7. The Kier molecular flexibility index (Phi) is 8.62. The number of hydrogen-bond acceptors (Lipinski definition) is 7. The maximum absolute atomic E-state index is 12.8. The first-order valence-corrected chi connectivity index (χ1v) is 16.0. The van der Waals surface area contributed by atoms with Crippen LogP contribution in [-0.4, -0.2) is 63.4 Å². The van der Waals surface area contributed by atoms with Gasteiger partial charge in [0.2, 0.25) is 11.9 Å². The van der Waals surface area contributed by atoms with Crippen LogP contribution < -0.4 is 15.5 Å². The average Bonchev–Trinajstić information content (AvgIpc) is 3.49. The topological polar surface area (TPSA) is 90.7 Å². The van der Waals surface area contributed by atoms with Gasteiger partial charge in [-0.25, -0.2) is 15.0 Å². The standard InChI is InChI=1S/C38H38N8O/c1-44(2)31-19-23-45(24-20-31)32-16-14-29(15-17-32)41-38-39-21-18-33(42-38)37-36(43-34-13-6-7-22-46(34)37)28-11-8-12-30(26-28)40-35(47)25-27-9-4-3-5-10-27/h3-18,21-22,26,31H,19-20,23-25H2,1-2H3,(H,40,47)(H,39,41,42). The Balaban J connectivity index is 1.12. The third-order valence-corrected chi connectivity index (χ3v) is 8.74. The fourth-order valence-electron chi connectivity index (χ4n) is 6.25. The SMILES string of the molecule is CN(C)C1CCN(c2ccc(Nc3nccc(-c4c(-c5cccc(NC(=O)Cc6ccccc6)c5)nc5ccccn45)n3)cc2)CC1. The van der Waals surface area contributed by atoms with E-state index in [-0.39, 0.29) is 5.91 Å². The van der Waals surface area contributed by atoms with E-state index in [2.05, 4.69) is 63.8 Å². The largest absolute Gasteiger partial charge is 0.371 e. The van der Waals surface area contributed by atoms with Crippen molar-refractivity contribution in [3.63, 3.8) is 0 Å². The van der Waals surface area contributed by atoms with Crippen LogP contribution in [0.2, 0.25) is 0 Å². The smallest absolute Gasteiger partial charge is 0.228 e. The van der Waals surface area contributed by atoms with Crippen molar-refractivity contribution in [2.75, 3.05) is 42.7 Å². The minimum atomic E-state index is -0.0722. The molecule has 1 fully saturated rings. The molecule has 1 amide bonds. The second kappa shape index (κ2) is 13.4. The molecule has 0 bridgehead atoms. The van der Waals surface area contributed by atoms with Crippen LogP contribution >= 0.6 is 0 Å². The van der Waals surface area contributed by atoms with Crippen molar-refractivity contribution in [3.05, 3.63) is 121 Å². The quantitative estimate of drug-likeness (QED) is 0.181. The van der Waals surface area contributed by atoms with Gasteiger partial charge >= 0.3 is 0 Å². The van der Waals surface area contributed by atoms with Gasteiger partial charge < -0.3 is 20.4 Å². The van der Waals surface area contributed by atoms with Crippen molar-refractivity contribution in [1.29, 1.82) is 0 Å². The van der Waals surface area contributed by atoms with Gasteiger partial charge in [0.1, 0.15) is 5.65 Å². The second-order valence-corrected chi connectivity index (χ2v) is 12.1. The lowest BCUT2D eigenvalue weighted by molar-refractivity contribution is -0.115. The fourth-order valence-corrected chi connectivity index (χ4v) is 6.25. The zero-order valence-corrected chi connectivity index (χ0v) is 26.7. The van der Waals surface area contributed by atoms with Crippen LogP contribution in [-0.2, 0) is 11.2 Å². The highest BCUT2D eigenvalue weighted by molar-refractivity contribution is 5.93. The summed E-state index contributed by atoms with van der Waals surface area (Å²) in [5.74, 6) is 0.429. The first-order chi connectivity index (χ1) is 23.0. The highest BCUT2D eigenvalue weighted by Gasteiger charge is 2.21. The van der Waals surface area contributed by atoms with E-state index < -0.39 is 0 Å². The third-order valence-electron chi connectivity index (χ3n) is 8.74. The van der Waals surface area contributed by atoms with Crippen LogP contribution in [0.25, 0.3) is 28.3 Å². The molecule has 1 saturated heterocycles. The maximum Gasteiger partial charge on any atom is 0.228 e. The van der Waals surface area contributed by atoms with Crippen LogP contribution in [0.3, 0.4) is 0 Å². The van der Waals surface area contributed by atoms with E-state index in [0.717, 1.165) is 52.6 Å². The number of nitrogens with one attached hydrogen (secondary N) is 2. The highest BCUT2D eigenvalue weighted by atomic mass is 16.1. The molecule has 9 nitrogen and oxygen atoms in total. The van der Waals surface area contributed by atoms with Crippen molar-refractivity contribution in [2.24, 2.45) is 0 Å². The predicted octanol–water partition coefficient (Wildman–Crippen LogP) is 6.91. The summed E-state index contributed by atoms with van der Waals surface area (Å²) in [4.78, 5) is 32.1. The van der Waals surface area contributed by atoms with E-state index in [0.29, 0.717) is 24.1 Å². The van der Waals surface area contributed by atoms with Gasteiger partial charge in [0, 0.05) is 54.2 Å². The summed E-state index contributed by atoms with van der Waals surface area (Å²) in [5, 5.41) is 6.44. The van der Waals surface area contributed by atoms with E-state index in [1.807, 2.05) is 89.5 Å². The molecular formula is C38H38N8O. The molecule has 3 aromatic heterocycles. The lowest BCUT2D eigenvalue weighted by Crippen LogP contribution is -2.41. The van der Waals surface area contributed by atoms with Crippen molar-refractivity contribution in [1.82, 2.24) is 24.3 Å². The Morgan fingerprint density at radius 1 is 0.851 bits per heavy atom. The van der Waals surface area contributed by atoms with Crippen LogP contribution in [0.4, 0.5) is 23.0 Å².